The van der Waals surface area contributed by atoms with Crippen molar-refractivity contribution < 1.29 is 66.7 Å². The standard InChI is InChI=1S/C4H10O.2Na.2H/c1-3-5-4-2;;;;/h3-4H2,1-2H3;;;;/q;2*+1;2*-1. The van der Waals surface area contributed by atoms with Gasteiger partial charge >= 0.3 is 59.1 Å². The molecule has 0 N–H and O–H groups in total. The van der Waals surface area contributed by atoms with Crippen molar-refractivity contribution in [3.05, 3.63) is 0 Å². The van der Waals surface area contributed by atoms with E-state index < -0.39 is 0 Å². The Balaban J connectivity index is -0.0000000133. The van der Waals surface area contributed by atoms with E-state index in [1.54, 1.807) is 0 Å². The van der Waals surface area contributed by atoms with Crippen molar-refractivity contribution in [2.45, 2.75) is 13.8 Å². The van der Waals surface area contributed by atoms with Crippen LogP contribution in [-0.2, 0) is 4.74 Å². The fourth-order valence-electron chi connectivity index (χ4n) is 0.204. The van der Waals surface area contributed by atoms with E-state index in [0.29, 0.717) is 0 Å². The van der Waals surface area contributed by atoms with Gasteiger partial charge < -0.3 is 7.59 Å². The average Bonchev–Trinajstić information content (AvgIpc) is 1.41. The van der Waals surface area contributed by atoms with Gasteiger partial charge in [0.1, 0.15) is 0 Å². The number of ether oxygens (including phenoxy) is 1. The monoisotopic (exact) mass is 122 g/mol. The first kappa shape index (κ1) is 16.0. The van der Waals surface area contributed by atoms with Gasteiger partial charge in [-0.3, -0.25) is 0 Å². The molecule has 0 amide bonds. The SMILES string of the molecule is CCOCC.[H-].[H-].[Na+].[Na+]. The minimum atomic E-state index is 0. The number of hydrogen-bond donors (Lipinski definition) is 0. The molecule has 0 heterocycles. The summed E-state index contributed by atoms with van der Waals surface area (Å²) in [5.74, 6) is 0. The first-order chi connectivity index (χ1) is 2.41. The zero-order valence-corrected chi connectivity index (χ0v) is 9.82. The molecule has 36 valence electrons. The molecule has 0 unspecified atom stereocenters. The molecule has 0 aromatic heterocycles. The van der Waals surface area contributed by atoms with Crippen LogP contribution in [0, 0.1) is 0 Å². The molecule has 0 rings (SSSR count). The van der Waals surface area contributed by atoms with E-state index >= 15 is 0 Å². The van der Waals surface area contributed by atoms with Crippen molar-refractivity contribution in [1.82, 2.24) is 0 Å². The van der Waals surface area contributed by atoms with Crippen LogP contribution in [-0.4, -0.2) is 13.2 Å². The largest absolute Gasteiger partial charge is 1.00 e. The van der Waals surface area contributed by atoms with Crippen LogP contribution in [0.15, 0.2) is 0 Å². The molecule has 0 saturated heterocycles. The molecule has 0 aromatic carbocycles. The molecule has 1 nitrogen and oxygen atoms in total. The second-order valence-corrected chi connectivity index (χ2v) is 0.781. The fourth-order valence-corrected chi connectivity index (χ4v) is 0.204. The molecule has 0 radical (unpaired) electrons. The molecule has 0 aliphatic rings. The molecule has 0 aliphatic carbocycles. The second-order valence-electron chi connectivity index (χ2n) is 0.781. The maximum absolute atomic E-state index is 4.83. The maximum atomic E-state index is 4.83. The summed E-state index contributed by atoms with van der Waals surface area (Å²) in [5.41, 5.74) is 0. The molecule has 7 heavy (non-hydrogen) atoms. The Bertz CT molecular complexity index is 24.0. The normalized spacial score (nSPS) is 6.00. The average molecular weight is 122 g/mol. The molecular formula is C4H12Na2O. The molecule has 0 bridgehead atoms. The smallest absolute Gasteiger partial charge is 1.00 e. The molecule has 3 heteroatoms. The molecule has 0 aliphatic heterocycles. The van der Waals surface area contributed by atoms with Gasteiger partial charge in [-0.15, -0.1) is 0 Å². The summed E-state index contributed by atoms with van der Waals surface area (Å²) in [4.78, 5) is 0. The van der Waals surface area contributed by atoms with E-state index in [1.165, 1.54) is 0 Å². The Labute approximate surface area is 92.7 Å². The van der Waals surface area contributed by atoms with E-state index in [4.69, 9.17) is 4.74 Å². The van der Waals surface area contributed by atoms with Gasteiger partial charge in [0.05, 0.1) is 0 Å². The number of rotatable bonds is 2. The second kappa shape index (κ2) is 15.7. The molecule has 0 saturated carbocycles. The van der Waals surface area contributed by atoms with Crippen molar-refractivity contribution in [1.29, 1.82) is 0 Å². The first-order valence-electron chi connectivity index (χ1n) is 1.99. The van der Waals surface area contributed by atoms with Crippen molar-refractivity contribution in [2.75, 3.05) is 13.2 Å². The van der Waals surface area contributed by atoms with Crippen LogP contribution >= 0.6 is 0 Å². The predicted octanol–water partition coefficient (Wildman–Crippen LogP) is -4.72. The van der Waals surface area contributed by atoms with Crippen molar-refractivity contribution >= 4 is 0 Å². The summed E-state index contributed by atoms with van der Waals surface area (Å²) in [6, 6.07) is 0. The van der Waals surface area contributed by atoms with Crippen LogP contribution in [0.2, 0.25) is 0 Å². The van der Waals surface area contributed by atoms with E-state index in [9.17, 15) is 0 Å². The molecule has 0 atom stereocenters. The summed E-state index contributed by atoms with van der Waals surface area (Å²) in [5, 5.41) is 0. The van der Waals surface area contributed by atoms with Crippen LogP contribution in [0.3, 0.4) is 0 Å². The van der Waals surface area contributed by atoms with Crippen LogP contribution in [0.25, 0.3) is 0 Å². The Morgan fingerprint density at radius 3 is 1.43 bits per heavy atom. The van der Waals surface area contributed by atoms with Gasteiger partial charge in [-0.05, 0) is 13.8 Å². The Morgan fingerprint density at radius 1 is 1.14 bits per heavy atom. The van der Waals surface area contributed by atoms with E-state index in [1.807, 2.05) is 13.8 Å². The Morgan fingerprint density at radius 2 is 1.43 bits per heavy atom. The molecular weight excluding hydrogens is 110 g/mol. The summed E-state index contributed by atoms with van der Waals surface area (Å²) in [6.07, 6.45) is 0. The third kappa shape index (κ3) is 18.0. The Hall–Kier alpha value is 1.96. The minimum absolute atomic E-state index is 0. The van der Waals surface area contributed by atoms with E-state index in [-0.39, 0.29) is 62.0 Å². The first-order valence-corrected chi connectivity index (χ1v) is 1.99. The molecule has 0 aromatic rings. The maximum Gasteiger partial charge on any atom is 1.00 e. The fraction of sp³-hybridized carbons (Fsp3) is 1.00. The van der Waals surface area contributed by atoms with Gasteiger partial charge in [0, 0.05) is 13.2 Å². The number of hydrogen-bond acceptors (Lipinski definition) is 1. The van der Waals surface area contributed by atoms with Crippen LogP contribution in [0.4, 0.5) is 0 Å². The zero-order valence-electron chi connectivity index (χ0n) is 7.82. The quantitative estimate of drug-likeness (QED) is 0.334. The summed E-state index contributed by atoms with van der Waals surface area (Å²) in [7, 11) is 0. The molecule has 0 fully saturated rings. The summed E-state index contributed by atoms with van der Waals surface area (Å²) in [6.45, 7) is 5.67. The van der Waals surface area contributed by atoms with Gasteiger partial charge in [-0.2, -0.15) is 0 Å². The minimum Gasteiger partial charge on any atom is -1.00 e. The topological polar surface area (TPSA) is 9.23 Å². The van der Waals surface area contributed by atoms with E-state index in [2.05, 4.69) is 0 Å². The third-order valence-corrected chi connectivity index (χ3v) is 0.408. The van der Waals surface area contributed by atoms with Crippen LogP contribution in [0.1, 0.15) is 16.7 Å². The zero-order chi connectivity index (χ0) is 4.12. The van der Waals surface area contributed by atoms with E-state index in [0.717, 1.165) is 13.2 Å². The Kier molecular flexibility index (Phi) is 35.8. The van der Waals surface area contributed by atoms with Gasteiger partial charge in [0.25, 0.3) is 0 Å². The molecule has 0 spiro atoms. The van der Waals surface area contributed by atoms with Gasteiger partial charge in [-0.25, -0.2) is 0 Å². The van der Waals surface area contributed by atoms with Gasteiger partial charge in [-0.1, -0.05) is 0 Å². The van der Waals surface area contributed by atoms with Crippen molar-refractivity contribution in [3.8, 4) is 0 Å². The summed E-state index contributed by atoms with van der Waals surface area (Å²) >= 11 is 0. The predicted molar refractivity (Wildman–Crippen MR) is 24.4 cm³/mol. The van der Waals surface area contributed by atoms with Gasteiger partial charge in [0.15, 0.2) is 0 Å². The summed E-state index contributed by atoms with van der Waals surface area (Å²) < 4.78 is 4.83. The third-order valence-electron chi connectivity index (χ3n) is 0.408. The van der Waals surface area contributed by atoms with Crippen molar-refractivity contribution in [3.63, 3.8) is 0 Å². The van der Waals surface area contributed by atoms with Crippen LogP contribution in [0.5, 0.6) is 0 Å². The van der Waals surface area contributed by atoms with Crippen molar-refractivity contribution in [2.24, 2.45) is 0 Å². The van der Waals surface area contributed by atoms with Gasteiger partial charge in [0.2, 0.25) is 0 Å². The van der Waals surface area contributed by atoms with Crippen LogP contribution < -0.4 is 59.1 Å².